The molecule has 6 heteroatoms. The Morgan fingerprint density at radius 1 is 1.27 bits per heavy atom. The molecule has 0 aliphatic carbocycles. The molecule has 1 N–H and O–H groups in total. The first kappa shape index (κ1) is 18.9. The van der Waals surface area contributed by atoms with Crippen LogP contribution in [0.15, 0.2) is 48.9 Å². The van der Waals surface area contributed by atoms with Gasteiger partial charge in [-0.25, -0.2) is 4.98 Å². The Labute approximate surface area is 175 Å². The van der Waals surface area contributed by atoms with Crippen LogP contribution >= 0.6 is 0 Å². The monoisotopic (exact) mass is 399 g/mol. The van der Waals surface area contributed by atoms with Crippen LogP contribution in [0.5, 0.6) is 0 Å². The van der Waals surface area contributed by atoms with Crippen LogP contribution in [-0.4, -0.2) is 52.3 Å². The minimum Gasteiger partial charge on any atom is -0.383 e. The lowest BCUT2D eigenvalue weighted by Crippen LogP contribution is -2.33. The van der Waals surface area contributed by atoms with Gasteiger partial charge in [-0.2, -0.15) is 5.26 Å². The highest BCUT2D eigenvalue weighted by molar-refractivity contribution is 5.86. The molecule has 0 unspecified atom stereocenters. The van der Waals surface area contributed by atoms with E-state index in [4.69, 9.17) is 10.00 Å². The lowest BCUT2D eigenvalue weighted by Gasteiger charge is -2.23. The Balaban J connectivity index is 1.47. The van der Waals surface area contributed by atoms with Crippen LogP contribution in [0, 0.1) is 11.3 Å². The predicted molar refractivity (Wildman–Crippen MR) is 118 cm³/mol. The average molecular weight is 399 g/mol. The Bertz CT molecular complexity index is 1230. The van der Waals surface area contributed by atoms with Crippen molar-refractivity contribution in [2.45, 2.75) is 25.3 Å². The zero-order valence-corrected chi connectivity index (χ0v) is 17.1. The van der Waals surface area contributed by atoms with Crippen LogP contribution in [0.3, 0.4) is 0 Å². The van der Waals surface area contributed by atoms with Gasteiger partial charge in [0.05, 0.1) is 29.3 Å². The van der Waals surface area contributed by atoms with E-state index in [1.807, 2.05) is 24.5 Å². The minimum absolute atomic E-state index is 0.571. The number of aromatic nitrogens is 3. The number of H-pyrrole nitrogens is 1. The molecule has 0 amide bonds. The standard InChI is InChI=1S/C24H25N5O/c1-30-10-9-28-8-2-3-19(28)12-18-15-26-22-6-5-20(13-21(18)22)29-16-27-23-11-17(14-25)4-7-24(23)29/h4-7,11,13,15-16,19,26H,2-3,8-10,12H2,1H3/t19-/m0/s1. The Morgan fingerprint density at radius 2 is 2.20 bits per heavy atom. The normalized spacial score (nSPS) is 17.1. The number of imidazole rings is 1. The summed E-state index contributed by atoms with van der Waals surface area (Å²) in [4.78, 5) is 10.5. The second-order valence-electron chi connectivity index (χ2n) is 8.00. The molecule has 3 heterocycles. The molecular formula is C24H25N5O. The molecule has 6 nitrogen and oxygen atoms in total. The summed E-state index contributed by atoms with van der Waals surface area (Å²) in [6.45, 7) is 2.95. The van der Waals surface area contributed by atoms with Crippen LogP contribution < -0.4 is 0 Å². The van der Waals surface area contributed by atoms with Crippen LogP contribution in [-0.2, 0) is 11.2 Å². The highest BCUT2D eigenvalue weighted by Gasteiger charge is 2.25. The van der Waals surface area contributed by atoms with Crippen LogP contribution in [0.1, 0.15) is 24.0 Å². The van der Waals surface area contributed by atoms with Crippen molar-refractivity contribution in [3.8, 4) is 11.8 Å². The number of nitrogens with one attached hydrogen (secondary N) is 1. The van der Waals surface area contributed by atoms with Gasteiger partial charge in [0.25, 0.3) is 0 Å². The fraction of sp³-hybridized carbons (Fsp3) is 0.333. The molecule has 5 rings (SSSR count). The van der Waals surface area contributed by atoms with E-state index in [2.05, 4.69) is 49.9 Å². The molecule has 1 saturated heterocycles. The maximum absolute atomic E-state index is 9.13. The molecule has 30 heavy (non-hydrogen) atoms. The summed E-state index contributed by atoms with van der Waals surface area (Å²) in [6, 6.07) is 14.9. The van der Waals surface area contributed by atoms with Gasteiger partial charge in [0.2, 0.25) is 0 Å². The van der Waals surface area contributed by atoms with Gasteiger partial charge in [-0.05, 0) is 67.8 Å². The summed E-state index contributed by atoms with van der Waals surface area (Å²) >= 11 is 0. The third-order valence-electron chi connectivity index (χ3n) is 6.24. The molecule has 4 aromatic rings. The fourth-order valence-electron chi connectivity index (χ4n) is 4.66. The lowest BCUT2D eigenvalue weighted by molar-refractivity contribution is 0.141. The highest BCUT2D eigenvalue weighted by Crippen LogP contribution is 2.28. The summed E-state index contributed by atoms with van der Waals surface area (Å²) in [5.41, 5.74) is 6.07. The number of likely N-dealkylation sites (tertiary alicyclic amines) is 1. The fourth-order valence-corrected chi connectivity index (χ4v) is 4.66. The second kappa shape index (κ2) is 7.94. The number of nitriles is 1. The molecule has 0 radical (unpaired) electrons. The number of nitrogens with zero attached hydrogens (tertiary/aromatic N) is 4. The number of methoxy groups -OCH3 is 1. The highest BCUT2D eigenvalue weighted by atomic mass is 16.5. The summed E-state index contributed by atoms with van der Waals surface area (Å²) < 4.78 is 7.38. The Hall–Kier alpha value is -3.14. The van der Waals surface area contributed by atoms with E-state index >= 15 is 0 Å². The van der Waals surface area contributed by atoms with Gasteiger partial charge < -0.3 is 9.72 Å². The third kappa shape index (κ3) is 3.36. The SMILES string of the molecule is COCCN1CCC[C@H]1Cc1c[nH]c2ccc(-n3cnc4cc(C#N)ccc43)cc12. The molecule has 0 bridgehead atoms. The van der Waals surface area contributed by atoms with Crippen molar-refractivity contribution >= 4 is 21.9 Å². The molecule has 1 aliphatic rings. The number of hydrogen-bond acceptors (Lipinski definition) is 4. The van der Waals surface area contributed by atoms with E-state index in [1.54, 1.807) is 7.11 Å². The Kier molecular flexibility index (Phi) is 4.99. The minimum atomic E-state index is 0.571. The molecule has 2 aromatic carbocycles. The predicted octanol–water partition coefficient (Wildman–Crippen LogP) is 4.03. The summed E-state index contributed by atoms with van der Waals surface area (Å²) in [5, 5.41) is 10.4. The maximum Gasteiger partial charge on any atom is 0.100 e. The number of aromatic amines is 1. The average Bonchev–Trinajstić information content (AvgIpc) is 3.50. The first-order valence-electron chi connectivity index (χ1n) is 10.5. The number of hydrogen-bond donors (Lipinski definition) is 1. The van der Waals surface area contributed by atoms with E-state index in [-0.39, 0.29) is 0 Å². The smallest absolute Gasteiger partial charge is 0.100 e. The zero-order chi connectivity index (χ0) is 20.5. The number of ether oxygens (including phenoxy) is 1. The summed E-state index contributed by atoms with van der Waals surface area (Å²) in [5.74, 6) is 0. The summed E-state index contributed by atoms with van der Waals surface area (Å²) in [7, 11) is 1.77. The van der Waals surface area contributed by atoms with Crippen molar-refractivity contribution in [3.63, 3.8) is 0 Å². The van der Waals surface area contributed by atoms with Gasteiger partial charge in [0.15, 0.2) is 0 Å². The topological polar surface area (TPSA) is 69.9 Å². The van der Waals surface area contributed by atoms with Crippen LogP contribution in [0.25, 0.3) is 27.6 Å². The van der Waals surface area contributed by atoms with Crippen molar-refractivity contribution in [3.05, 3.63) is 60.0 Å². The quantitative estimate of drug-likeness (QED) is 0.531. The summed E-state index contributed by atoms with van der Waals surface area (Å²) in [6.07, 6.45) is 7.54. The van der Waals surface area contributed by atoms with Crippen LogP contribution in [0.2, 0.25) is 0 Å². The van der Waals surface area contributed by atoms with E-state index in [0.29, 0.717) is 11.6 Å². The van der Waals surface area contributed by atoms with Gasteiger partial charge in [0.1, 0.15) is 6.33 Å². The molecule has 0 saturated carbocycles. The molecule has 1 fully saturated rings. The van der Waals surface area contributed by atoms with Crippen molar-refractivity contribution < 1.29 is 4.74 Å². The van der Waals surface area contributed by atoms with Crippen molar-refractivity contribution in [1.29, 1.82) is 5.26 Å². The second-order valence-corrected chi connectivity index (χ2v) is 8.00. The number of benzene rings is 2. The van der Waals surface area contributed by atoms with Crippen LogP contribution in [0.4, 0.5) is 0 Å². The zero-order valence-electron chi connectivity index (χ0n) is 17.1. The molecule has 152 valence electrons. The lowest BCUT2D eigenvalue weighted by atomic mass is 10.0. The van der Waals surface area contributed by atoms with E-state index in [1.165, 1.54) is 23.8 Å². The number of rotatable bonds is 6. The van der Waals surface area contributed by atoms with E-state index in [9.17, 15) is 0 Å². The van der Waals surface area contributed by atoms with Crippen molar-refractivity contribution in [2.24, 2.45) is 0 Å². The maximum atomic E-state index is 9.13. The third-order valence-corrected chi connectivity index (χ3v) is 6.24. The first-order valence-corrected chi connectivity index (χ1v) is 10.5. The van der Waals surface area contributed by atoms with Gasteiger partial charge in [-0.15, -0.1) is 0 Å². The van der Waals surface area contributed by atoms with Crippen molar-refractivity contribution in [2.75, 3.05) is 26.8 Å². The first-order chi connectivity index (χ1) is 14.8. The van der Waals surface area contributed by atoms with Gasteiger partial charge >= 0.3 is 0 Å². The molecule has 2 aromatic heterocycles. The molecule has 1 atom stereocenters. The van der Waals surface area contributed by atoms with E-state index < -0.39 is 0 Å². The molecular weight excluding hydrogens is 374 g/mol. The largest absolute Gasteiger partial charge is 0.383 e. The van der Waals surface area contributed by atoms with E-state index in [0.717, 1.165) is 48.4 Å². The molecule has 0 spiro atoms. The van der Waals surface area contributed by atoms with Gasteiger partial charge in [-0.1, -0.05) is 0 Å². The number of fused-ring (bicyclic) bond motifs is 2. The van der Waals surface area contributed by atoms with Crippen molar-refractivity contribution in [1.82, 2.24) is 19.4 Å². The van der Waals surface area contributed by atoms with Gasteiger partial charge in [0, 0.05) is 42.5 Å². The van der Waals surface area contributed by atoms with Gasteiger partial charge in [-0.3, -0.25) is 9.47 Å². The Morgan fingerprint density at radius 3 is 3.07 bits per heavy atom. The molecule has 1 aliphatic heterocycles.